The first-order valence-corrected chi connectivity index (χ1v) is 17.3. The Morgan fingerprint density at radius 2 is 1.21 bits per heavy atom. The van der Waals surface area contributed by atoms with Gasteiger partial charge in [-0.05, 0) is 82.4 Å². The fourth-order valence-corrected chi connectivity index (χ4v) is 8.99. The van der Waals surface area contributed by atoms with Gasteiger partial charge in [-0.15, -0.1) is 11.3 Å². The van der Waals surface area contributed by atoms with Gasteiger partial charge in [-0.3, -0.25) is 0 Å². The zero-order valence-corrected chi connectivity index (χ0v) is 28.0. The van der Waals surface area contributed by atoms with Crippen LogP contribution in [-0.2, 0) is 5.41 Å². The average Bonchev–Trinajstić information content (AvgIpc) is 3.47. The first kappa shape index (κ1) is 28.2. The number of anilines is 6. The van der Waals surface area contributed by atoms with Gasteiger partial charge in [0, 0.05) is 43.2 Å². The highest BCUT2D eigenvalue weighted by molar-refractivity contribution is 7.33. The van der Waals surface area contributed by atoms with Crippen molar-refractivity contribution >= 4 is 78.0 Å². The summed E-state index contributed by atoms with van der Waals surface area (Å²) in [5.41, 5.74) is 15.3. The molecule has 226 valence electrons. The molecule has 0 unspecified atom stereocenters. The maximum atomic E-state index is 2.59. The van der Waals surface area contributed by atoms with Gasteiger partial charge in [0.1, 0.15) is 0 Å². The van der Waals surface area contributed by atoms with Crippen molar-refractivity contribution in [1.29, 1.82) is 0 Å². The molecule has 0 spiro atoms. The van der Waals surface area contributed by atoms with Crippen LogP contribution in [0.3, 0.4) is 0 Å². The molecule has 6 aromatic carbocycles. The molecule has 1 aromatic heterocycles. The second-order valence-corrected chi connectivity index (χ2v) is 14.9. The smallest absolute Gasteiger partial charge is 0.264 e. The molecule has 2 aliphatic heterocycles. The second-order valence-electron chi connectivity index (χ2n) is 13.8. The number of nitrogens with zero attached hydrogens (tertiary/aromatic N) is 2. The van der Waals surface area contributed by atoms with Crippen LogP contribution in [0.4, 0.5) is 34.1 Å². The lowest BCUT2D eigenvalue weighted by molar-refractivity contribution is 0.591. The molecule has 0 fully saturated rings. The fourth-order valence-electron chi connectivity index (χ4n) is 7.69. The Bertz CT molecular complexity index is 2330. The normalized spacial score (nSPS) is 13.4. The van der Waals surface area contributed by atoms with E-state index in [-0.39, 0.29) is 12.1 Å². The molecule has 0 atom stereocenters. The number of hydrogen-bond acceptors (Lipinski definition) is 3. The number of aryl methyl sites for hydroxylation is 1. The molecule has 0 amide bonds. The Morgan fingerprint density at radius 3 is 1.98 bits per heavy atom. The number of fused-ring (bicyclic) bond motifs is 6. The summed E-state index contributed by atoms with van der Waals surface area (Å²) in [5, 5.41) is 1.33. The maximum absolute atomic E-state index is 2.59. The van der Waals surface area contributed by atoms with Gasteiger partial charge >= 0.3 is 0 Å². The lowest BCUT2D eigenvalue weighted by Gasteiger charge is -2.43. The van der Waals surface area contributed by atoms with Crippen molar-refractivity contribution in [2.24, 2.45) is 0 Å². The minimum absolute atomic E-state index is 0.0427. The Balaban J connectivity index is 1.41. The van der Waals surface area contributed by atoms with E-state index < -0.39 is 0 Å². The monoisotopic (exact) mass is 622 g/mol. The molecule has 4 heteroatoms. The van der Waals surface area contributed by atoms with Crippen molar-refractivity contribution in [3.63, 3.8) is 0 Å². The summed E-state index contributed by atoms with van der Waals surface area (Å²) in [6, 6.07) is 51.7. The van der Waals surface area contributed by atoms with E-state index in [0.717, 1.165) is 0 Å². The Labute approximate surface area is 281 Å². The number of thiophene rings is 1. The van der Waals surface area contributed by atoms with Gasteiger partial charge in [-0.1, -0.05) is 118 Å². The molecule has 7 aromatic rings. The molecule has 0 N–H and O–H groups in total. The summed E-state index contributed by atoms with van der Waals surface area (Å²) < 4.78 is 2.74. The lowest BCUT2D eigenvalue weighted by Crippen LogP contribution is -2.60. The summed E-state index contributed by atoms with van der Waals surface area (Å²) in [5.74, 6) is 0. The molecule has 0 bridgehead atoms. The first-order chi connectivity index (χ1) is 22.9. The van der Waals surface area contributed by atoms with Gasteiger partial charge in [0.2, 0.25) is 0 Å². The minimum Gasteiger partial charge on any atom is -0.311 e. The van der Waals surface area contributed by atoms with E-state index in [1.165, 1.54) is 82.2 Å². The van der Waals surface area contributed by atoms with Crippen LogP contribution < -0.4 is 25.5 Å². The van der Waals surface area contributed by atoms with Gasteiger partial charge in [0.15, 0.2) is 0 Å². The minimum atomic E-state index is 0.0427. The predicted molar refractivity (Wildman–Crippen MR) is 205 cm³/mol. The van der Waals surface area contributed by atoms with E-state index >= 15 is 0 Å². The van der Waals surface area contributed by atoms with Crippen molar-refractivity contribution in [3.05, 3.63) is 151 Å². The first-order valence-electron chi connectivity index (χ1n) is 16.5. The summed E-state index contributed by atoms with van der Waals surface area (Å²) in [4.78, 5) is 5.08. The van der Waals surface area contributed by atoms with E-state index in [1.807, 2.05) is 11.3 Å². The summed E-state index contributed by atoms with van der Waals surface area (Å²) in [6.07, 6.45) is 0. The Hall–Kier alpha value is -5.06. The van der Waals surface area contributed by atoms with Crippen LogP contribution in [0.5, 0.6) is 0 Å². The van der Waals surface area contributed by atoms with Crippen LogP contribution in [0.25, 0.3) is 21.2 Å². The Morgan fingerprint density at radius 1 is 0.574 bits per heavy atom. The van der Waals surface area contributed by atoms with Crippen LogP contribution in [0, 0.1) is 6.92 Å². The van der Waals surface area contributed by atoms with Crippen molar-refractivity contribution < 1.29 is 0 Å². The van der Waals surface area contributed by atoms with Gasteiger partial charge < -0.3 is 9.80 Å². The number of benzene rings is 6. The van der Waals surface area contributed by atoms with Crippen molar-refractivity contribution in [3.8, 4) is 11.1 Å². The quantitative estimate of drug-likeness (QED) is 0.181. The maximum Gasteiger partial charge on any atom is 0.264 e. The second kappa shape index (κ2) is 10.5. The van der Waals surface area contributed by atoms with Crippen LogP contribution in [0.1, 0.15) is 31.9 Å². The van der Waals surface area contributed by atoms with Crippen molar-refractivity contribution in [1.82, 2.24) is 0 Å². The molecule has 0 saturated heterocycles. The van der Waals surface area contributed by atoms with Gasteiger partial charge in [-0.25, -0.2) is 0 Å². The molecule has 2 nitrogen and oxygen atoms in total. The van der Waals surface area contributed by atoms with Crippen LogP contribution in [0.15, 0.2) is 140 Å². The third kappa shape index (κ3) is 4.25. The van der Waals surface area contributed by atoms with E-state index in [2.05, 4.69) is 177 Å². The molecule has 3 heterocycles. The summed E-state index contributed by atoms with van der Waals surface area (Å²) >= 11 is 1.96. The highest BCUT2D eigenvalue weighted by Crippen LogP contribution is 2.50. The Kier molecular flexibility index (Phi) is 6.29. The van der Waals surface area contributed by atoms with Gasteiger partial charge in [0.25, 0.3) is 6.71 Å². The van der Waals surface area contributed by atoms with E-state index in [9.17, 15) is 0 Å². The van der Waals surface area contributed by atoms with Crippen molar-refractivity contribution in [2.75, 3.05) is 9.80 Å². The highest BCUT2D eigenvalue weighted by atomic mass is 32.1. The van der Waals surface area contributed by atoms with Crippen molar-refractivity contribution in [2.45, 2.75) is 33.1 Å². The zero-order valence-electron chi connectivity index (χ0n) is 27.2. The third-order valence-corrected chi connectivity index (χ3v) is 11.2. The molecule has 47 heavy (non-hydrogen) atoms. The molecule has 2 aliphatic rings. The standard InChI is InChI=1S/C43H35BN2S/c1-28-15-8-11-20-34(28)45-36-22-13-10-19-33(36)44-40-37(45)23-14-24-38(40)46(35-21-12-9-18-31(35)29-16-6-5-7-17-29)41-32-27-30(43(2,3)4)25-26-39(32)47-42(41)44/h5-27H,1-4H3. The molecule has 9 rings (SSSR count). The third-order valence-electron chi connectivity index (χ3n) is 9.95. The van der Waals surface area contributed by atoms with Crippen LogP contribution >= 0.6 is 11.3 Å². The molecule has 0 saturated carbocycles. The van der Waals surface area contributed by atoms with E-state index in [0.29, 0.717) is 0 Å². The number of para-hydroxylation sites is 3. The fraction of sp³-hybridized carbons (Fsp3) is 0.116. The summed E-state index contributed by atoms with van der Waals surface area (Å²) in [7, 11) is 0. The van der Waals surface area contributed by atoms with Gasteiger partial charge in [0.05, 0.1) is 11.4 Å². The lowest BCUT2D eigenvalue weighted by atomic mass is 9.36. The highest BCUT2D eigenvalue weighted by Gasteiger charge is 2.45. The SMILES string of the molecule is Cc1ccccc1N1c2ccccc2B2c3sc4ccc(C(C)(C)C)cc4c3N(c3ccccc3-c3ccccc3)c3cccc1c32. The van der Waals surface area contributed by atoms with Crippen LogP contribution in [-0.4, -0.2) is 6.71 Å². The average molecular weight is 623 g/mol. The molecular formula is C43H35BN2S. The summed E-state index contributed by atoms with van der Waals surface area (Å²) in [6.45, 7) is 9.29. The molecule has 0 radical (unpaired) electrons. The zero-order chi connectivity index (χ0) is 31.9. The van der Waals surface area contributed by atoms with Crippen LogP contribution in [0.2, 0.25) is 0 Å². The van der Waals surface area contributed by atoms with E-state index in [4.69, 9.17) is 0 Å². The topological polar surface area (TPSA) is 6.48 Å². The van der Waals surface area contributed by atoms with Gasteiger partial charge in [-0.2, -0.15) is 0 Å². The number of rotatable bonds is 3. The largest absolute Gasteiger partial charge is 0.311 e. The molecular weight excluding hydrogens is 587 g/mol. The number of hydrogen-bond donors (Lipinski definition) is 0. The van der Waals surface area contributed by atoms with E-state index in [1.54, 1.807) is 0 Å². The predicted octanol–water partition coefficient (Wildman–Crippen LogP) is 10.3. The molecule has 0 aliphatic carbocycles.